The Bertz CT molecular complexity index is 882. The summed E-state index contributed by atoms with van der Waals surface area (Å²) in [5.41, 5.74) is 4.78. The number of aromatic nitrogens is 1. The van der Waals surface area contributed by atoms with Gasteiger partial charge in [0.15, 0.2) is 5.58 Å². The number of nitrogens with one attached hydrogen (secondary N) is 1. The van der Waals surface area contributed by atoms with Crippen LogP contribution in [0.3, 0.4) is 0 Å². The molecule has 0 unspecified atom stereocenters. The molecule has 0 bridgehead atoms. The van der Waals surface area contributed by atoms with Crippen molar-refractivity contribution in [3.8, 4) is 0 Å². The lowest BCUT2D eigenvalue weighted by atomic mass is 9.87. The fourth-order valence-corrected chi connectivity index (χ4v) is 2.99. The first-order valence-electron chi connectivity index (χ1n) is 8.83. The number of carbonyl (C=O) groups is 1. The third-order valence-electron chi connectivity index (χ3n) is 4.51. The van der Waals surface area contributed by atoms with Crippen LogP contribution in [-0.2, 0) is 16.7 Å². The van der Waals surface area contributed by atoms with E-state index >= 15 is 0 Å². The van der Waals surface area contributed by atoms with E-state index in [0.717, 1.165) is 11.1 Å². The molecule has 0 fully saturated rings. The van der Waals surface area contributed by atoms with Gasteiger partial charge in [0, 0.05) is 32.3 Å². The van der Waals surface area contributed by atoms with Crippen LogP contribution in [0.5, 0.6) is 0 Å². The maximum Gasteiger partial charge on any atom is 0.268 e. The minimum atomic E-state index is -0.125. The monoisotopic (exact) mass is 354 g/mol. The molecule has 5 heteroatoms. The van der Waals surface area contributed by atoms with E-state index < -0.39 is 0 Å². The molecule has 0 aliphatic carbocycles. The molecule has 0 aliphatic rings. The molecule has 0 aliphatic heterocycles. The molecule has 0 saturated carbocycles. The van der Waals surface area contributed by atoms with Crippen LogP contribution in [0.15, 0.2) is 47.1 Å². The Balaban J connectivity index is 1.87. The third-order valence-corrected chi connectivity index (χ3v) is 4.51. The van der Waals surface area contributed by atoms with Crippen LogP contribution >= 0.6 is 0 Å². The summed E-state index contributed by atoms with van der Waals surface area (Å²) >= 11 is 0. The number of ether oxygens (including phenoxy) is 1. The molecule has 5 nitrogen and oxygen atoms in total. The minimum absolute atomic E-state index is 0.121. The zero-order valence-electron chi connectivity index (χ0n) is 15.8. The molecular weight excluding hydrogens is 328 g/mol. The highest BCUT2D eigenvalue weighted by atomic mass is 16.5. The van der Waals surface area contributed by atoms with E-state index in [2.05, 4.69) is 50.4 Å². The summed E-state index contributed by atoms with van der Waals surface area (Å²) in [6.07, 6.45) is 1.65. The van der Waals surface area contributed by atoms with Gasteiger partial charge in [0.05, 0.1) is 18.4 Å². The van der Waals surface area contributed by atoms with Gasteiger partial charge in [-0.15, -0.1) is 0 Å². The van der Waals surface area contributed by atoms with E-state index in [1.54, 1.807) is 19.4 Å². The molecule has 1 N–H and O–H groups in total. The number of rotatable bonds is 6. The molecule has 1 amide bonds. The predicted molar refractivity (Wildman–Crippen MR) is 103 cm³/mol. The Hall–Kier alpha value is -2.53. The number of nitrogens with zero attached hydrogens (tertiary/aromatic N) is 1. The number of hydrogen-bond acceptors (Lipinski definition) is 3. The normalized spacial score (nSPS) is 11.8. The lowest BCUT2D eigenvalue weighted by molar-refractivity contribution is 0.0928. The average molecular weight is 354 g/mol. The number of furan rings is 1. The van der Waals surface area contributed by atoms with Crippen molar-refractivity contribution in [1.29, 1.82) is 0 Å². The van der Waals surface area contributed by atoms with Gasteiger partial charge in [-0.2, -0.15) is 0 Å². The Morgan fingerprint density at radius 2 is 1.92 bits per heavy atom. The standard InChI is InChI=1S/C21H26N2O3/c1-21(2,3)16-7-5-15(6-8-16)14-23-17-9-11-26-19(17)13-18(23)20(24)22-10-12-25-4/h5-9,11,13H,10,12,14H2,1-4H3,(H,22,24). The second kappa shape index (κ2) is 7.38. The molecular formula is C21H26N2O3. The first-order valence-corrected chi connectivity index (χ1v) is 8.83. The van der Waals surface area contributed by atoms with E-state index in [9.17, 15) is 4.79 Å². The van der Waals surface area contributed by atoms with E-state index in [1.165, 1.54) is 5.56 Å². The molecule has 3 rings (SSSR count). The number of fused-ring (bicyclic) bond motifs is 1. The molecule has 138 valence electrons. The van der Waals surface area contributed by atoms with Crippen LogP contribution in [0.1, 0.15) is 42.4 Å². The maximum absolute atomic E-state index is 12.6. The molecule has 0 spiro atoms. The second-order valence-corrected chi connectivity index (χ2v) is 7.48. The summed E-state index contributed by atoms with van der Waals surface area (Å²) in [6, 6.07) is 12.2. The van der Waals surface area contributed by atoms with Gasteiger partial charge in [0.2, 0.25) is 0 Å². The van der Waals surface area contributed by atoms with Gasteiger partial charge in [0.25, 0.3) is 5.91 Å². The van der Waals surface area contributed by atoms with Crippen molar-refractivity contribution < 1.29 is 13.9 Å². The predicted octanol–water partition coefficient (Wildman–Crippen LogP) is 3.96. The van der Waals surface area contributed by atoms with Crippen molar-refractivity contribution in [2.24, 2.45) is 0 Å². The third kappa shape index (κ3) is 3.83. The van der Waals surface area contributed by atoms with Crippen molar-refractivity contribution in [2.75, 3.05) is 20.3 Å². The lowest BCUT2D eigenvalue weighted by Crippen LogP contribution is -2.29. The summed E-state index contributed by atoms with van der Waals surface area (Å²) in [6.45, 7) is 8.17. The molecule has 2 heterocycles. The molecule has 1 aromatic carbocycles. The summed E-state index contributed by atoms with van der Waals surface area (Å²) in [5, 5.41) is 2.88. The van der Waals surface area contributed by atoms with Gasteiger partial charge in [-0.1, -0.05) is 45.0 Å². The molecule has 2 aromatic heterocycles. The van der Waals surface area contributed by atoms with Crippen molar-refractivity contribution in [2.45, 2.75) is 32.7 Å². The zero-order chi connectivity index (χ0) is 18.7. The fraction of sp³-hybridized carbons (Fsp3) is 0.381. The highest BCUT2D eigenvalue weighted by Crippen LogP contribution is 2.25. The number of methoxy groups -OCH3 is 1. The van der Waals surface area contributed by atoms with Crippen LogP contribution in [0.2, 0.25) is 0 Å². The van der Waals surface area contributed by atoms with E-state index in [-0.39, 0.29) is 11.3 Å². The Kier molecular flexibility index (Phi) is 5.18. The van der Waals surface area contributed by atoms with Gasteiger partial charge in [-0.05, 0) is 16.5 Å². The first kappa shape index (κ1) is 18.3. The van der Waals surface area contributed by atoms with Gasteiger partial charge < -0.3 is 19.0 Å². The summed E-state index contributed by atoms with van der Waals surface area (Å²) < 4.78 is 12.5. The maximum atomic E-state index is 12.6. The molecule has 3 aromatic rings. The Morgan fingerprint density at radius 1 is 1.19 bits per heavy atom. The molecule has 0 saturated heterocycles. The summed E-state index contributed by atoms with van der Waals surface area (Å²) in [5.74, 6) is -0.125. The van der Waals surface area contributed by atoms with Gasteiger partial charge >= 0.3 is 0 Å². The molecule has 0 radical (unpaired) electrons. The highest BCUT2D eigenvalue weighted by molar-refractivity contribution is 5.97. The number of amides is 1. The number of hydrogen-bond donors (Lipinski definition) is 1. The lowest BCUT2D eigenvalue weighted by Gasteiger charge is -2.19. The Morgan fingerprint density at radius 3 is 2.58 bits per heavy atom. The van der Waals surface area contributed by atoms with Crippen molar-refractivity contribution in [1.82, 2.24) is 9.88 Å². The topological polar surface area (TPSA) is 56.4 Å². The van der Waals surface area contributed by atoms with E-state index in [1.807, 2.05) is 10.6 Å². The fourth-order valence-electron chi connectivity index (χ4n) is 2.99. The summed E-state index contributed by atoms with van der Waals surface area (Å²) in [4.78, 5) is 12.6. The first-order chi connectivity index (χ1) is 12.4. The zero-order valence-corrected chi connectivity index (χ0v) is 15.8. The second-order valence-electron chi connectivity index (χ2n) is 7.48. The van der Waals surface area contributed by atoms with Crippen LogP contribution < -0.4 is 5.32 Å². The average Bonchev–Trinajstić information content (AvgIpc) is 3.17. The Labute approximate surface area is 153 Å². The van der Waals surface area contributed by atoms with Crippen LogP contribution in [0, 0.1) is 0 Å². The van der Waals surface area contributed by atoms with Crippen LogP contribution in [-0.4, -0.2) is 30.7 Å². The van der Waals surface area contributed by atoms with Gasteiger partial charge in [0.1, 0.15) is 5.69 Å². The van der Waals surface area contributed by atoms with Crippen LogP contribution in [0.4, 0.5) is 0 Å². The molecule has 0 atom stereocenters. The van der Waals surface area contributed by atoms with Crippen molar-refractivity contribution in [3.63, 3.8) is 0 Å². The molecule has 26 heavy (non-hydrogen) atoms. The van der Waals surface area contributed by atoms with Gasteiger partial charge in [-0.3, -0.25) is 4.79 Å². The minimum Gasteiger partial charge on any atom is -0.463 e. The van der Waals surface area contributed by atoms with Crippen molar-refractivity contribution in [3.05, 3.63) is 59.5 Å². The number of carbonyl (C=O) groups excluding carboxylic acids is 1. The van der Waals surface area contributed by atoms with Crippen LogP contribution in [0.25, 0.3) is 11.1 Å². The largest absolute Gasteiger partial charge is 0.463 e. The number of benzene rings is 1. The SMILES string of the molecule is COCCNC(=O)c1cc2occc2n1Cc1ccc(C(C)(C)C)cc1. The van der Waals surface area contributed by atoms with E-state index in [0.29, 0.717) is 31.0 Å². The van der Waals surface area contributed by atoms with Crippen molar-refractivity contribution >= 4 is 17.0 Å². The van der Waals surface area contributed by atoms with Gasteiger partial charge in [-0.25, -0.2) is 0 Å². The quantitative estimate of drug-likeness (QED) is 0.682. The van der Waals surface area contributed by atoms with E-state index in [4.69, 9.17) is 9.15 Å². The smallest absolute Gasteiger partial charge is 0.268 e. The highest BCUT2D eigenvalue weighted by Gasteiger charge is 2.18. The summed E-state index contributed by atoms with van der Waals surface area (Å²) in [7, 11) is 1.61.